The van der Waals surface area contributed by atoms with Crippen LogP contribution in [-0.2, 0) is 0 Å². The van der Waals surface area contributed by atoms with Crippen molar-refractivity contribution in [2.45, 2.75) is 0 Å². The summed E-state index contributed by atoms with van der Waals surface area (Å²) in [5.74, 6) is 0. The van der Waals surface area contributed by atoms with E-state index in [9.17, 15) is 0 Å². The third-order valence-corrected chi connectivity index (χ3v) is 2.21. The molecule has 9 heavy (non-hydrogen) atoms. The van der Waals surface area contributed by atoms with Crippen LogP contribution in [0.15, 0.2) is 12.4 Å². The first-order valence-corrected chi connectivity index (χ1v) is 3.17. The van der Waals surface area contributed by atoms with Crippen molar-refractivity contribution in [1.29, 1.82) is 0 Å². The maximum absolute atomic E-state index is 3.38. The molecule has 0 saturated heterocycles. The number of hydrogen-bond donors (Lipinski definition) is 0. The van der Waals surface area contributed by atoms with Crippen LogP contribution < -0.4 is 18.9 Å². The maximum Gasteiger partial charge on any atom is 1.00 e. The van der Waals surface area contributed by atoms with Crippen LogP contribution in [0.4, 0.5) is 0 Å². The van der Waals surface area contributed by atoms with Gasteiger partial charge in [-0.2, -0.15) is 0 Å². The number of halogens is 1. The van der Waals surface area contributed by atoms with Gasteiger partial charge in [0, 0.05) is 0 Å². The van der Waals surface area contributed by atoms with Crippen LogP contribution in [0.3, 0.4) is 0 Å². The number of nitrogens with zero attached hydrogens (tertiary/aromatic N) is 2. The summed E-state index contributed by atoms with van der Waals surface area (Å²) in [6.07, 6.45) is 3.98. The van der Waals surface area contributed by atoms with E-state index in [1.807, 2.05) is 36.3 Å². The maximum atomic E-state index is 3.38. The summed E-state index contributed by atoms with van der Waals surface area (Å²) >= 11 is 3.38. The van der Waals surface area contributed by atoms with E-state index in [-0.39, 0.29) is 18.9 Å². The van der Waals surface area contributed by atoms with E-state index >= 15 is 0 Å². The van der Waals surface area contributed by atoms with Crippen LogP contribution in [0.2, 0.25) is 0 Å². The molecule has 2 nitrogen and oxygen atoms in total. The first kappa shape index (κ1) is 9.42. The summed E-state index contributed by atoms with van der Waals surface area (Å²) in [6.45, 7) is 0. The fourth-order valence-electron chi connectivity index (χ4n) is 0.572. The Balaban J connectivity index is 0.000000640. The Labute approximate surface area is 76.2 Å². The molecule has 1 heterocycles. The zero-order chi connectivity index (χ0) is 6.15. The van der Waals surface area contributed by atoms with Gasteiger partial charge in [0.25, 0.3) is 0 Å². The molecule has 0 aromatic heterocycles. The van der Waals surface area contributed by atoms with E-state index in [1.165, 1.54) is 0 Å². The van der Waals surface area contributed by atoms with Gasteiger partial charge in [0.05, 0.1) is 0 Å². The van der Waals surface area contributed by atoms with Crippen LogP contribution in [0.25, 0.3) is 0 Å². The van der Waals surface area contributed by atoms with Crippen molar-refractivity contribution in [3.63, 3.8) is 0 Å². The first-order valence-electron chi connectivity index (χ1n) is 2.38. The Hall–Kier alpha value is 0.417. The molecule has 0 aromatic rings. The second-order valence-electron chi connectivity index (χ2n) is 1.79. The predicted octanol–water partition coefficient (Wildman–Crippen LogP) is -1.82. The van der Waals surface area contributed by atoms with Crippen molar-refractivity contribution in [2.75, 3.05) is 14.1 Å². The van der Waals surface area contributed by atoms with E-state index in [0.717, 1.165) is 5.08 Å². The molecule has 0 atom stereocenters. The fourth-order valence-corrected chi connectivity index (χ4v) is 0.808. The average molecular weight is 183 g/mol. The van der Waals surface area contributed by atoms with E-state index < -0.39 is 0 Å². The quantitative estimate of drug-likeness (QED) is 0.248. The van der Waals surface area contributed by atoms with Crippen LogP contribution in [0.5, 0.6) is 0 Å². The molecule has 0 unspecified atom stereocenters. The van der Waals surface area contributed by atoms with Crippen molar-refractivity contribution in [3.8, 4) is 0 Å². The molecule has 1 aliphatic rings. The third kappa shape index (κ3) is 1.93. The summed E-state index contributed by atoms with van der Waals surface area (Å²) in [7, 11) is 3.98. The minimum absolute atomic E-state index is 0. The molecule has 0 spiro atoms. The second kappa shape index (κ2) is 3.55. The van der Waals surface area contributed by atoms with Gasteiger partial charge in [0.2, 0.25) is 0 Å². The Bertz CT molecular complexity index is 106. The van der Waals surface area contributed by atoms with E-state index in [0.29, 0.717) is 0 Å². The van der Waals surface area contributed by atoms with Gasteiger partial charge in [0.15, 0.2) is 0 Å². The molecule has 0 saturated carbocycles. The van der Waals surface area contributed by atoms with Gasteiger partial charge in [0.1, 0.15) is 0 Å². The van der Waals surface area contributed by atoms with E-state index in [1.54, 1.807) is 0 Å². The molecular formula is C5H8BrLiN2. The number of rotatable bonds is 0. The van der Waals surface area contributed by atoms with Crippen LogP contribution >= 0.6 is 15.9 Å². The topological polar surface area (TPSA) is 6.48 Å². The van der Waals surface area contributed by atoms with Gasteiger partial charge in [-0.3, -0.25) is 15.9 Å². The van der Waals surface area contributed by atoms with Crippen molar-refractivity contribution >= 4 is 15.9 Å². The fraction of sp³-hybridized carbons (Fsp3) is 0.400. The molecule has 1 rings (SSSR count). The van der Waals surface area contributed by atoms with Crippen molar-refractivity contribution in [3.05, 3.63) is 17.5 Å². The summed E-state index contributed by atoms with van der Waals surface area (Å²) in [5.41, 5.74) is 0. The first-order chi connectivity index (χ1) is 3.72. The molecule has 0 fully saturated rings. The Kier molecular flexibility index (Phi) is 3.72. The van der Waals surface area contributed by atoms with Crippen LogP contribution in [0.1, 0.15) is 0 Å². The van der Waals surface area contributed by atoms with Gasteiger partial charge in [-0.15, -0.1) is 0 Å². The van der Waals surface area contributed by atoms with Crippen molar-refractivity contribution in [1.82, 2.24) is 9.80 Å². The van der Waals surface area contributed by atoms with Gasteiger partial charge in [-0.25, -0.2) is 0 Å². The molecule has 0 aliphatic carbocycles. The molecular weight excluding hydrogens is 175 g/mol. The summed E-state index contributed by atoms with van der Waals surface area (Å²) < 4.78 is 0. The van der Waals surface area contributed by atoms with Crippen LogP contribution in [0, 0.1) is 5.08 Å². The molecule has 0 radical (unpaired) electrons. The van der Waals surface area contributed by atoms with Gasteiger partial charge >= 0.3 is 18.9 Å². The zero-order valence-corrected chi connectivity index (χ0v) is 7.51. The largest absolute Gasteiger partial charge is 1.00 e. The van der Waals surface area contributed by atoms with Crippen molar-refractivity contribution in [2.24, 2.45) is 0 Å². The zero-order valence-electron chi connectivity index (χ0n) is 5.93. The second-order valence-corrected chi connectivity index (χ2v) is 2.50. The molecule has 46 valence electrons. The monoisotopic (exact) mass is 182 g/mol. The minimum Gasteiger partial charge on any atom is -0.497 e. The van der Waals surface area contributed by atoms with Crippen LogP contribution in [-0.4, -0.2) is 23.9 Å². The standard InChI is InChI=1S/C5H8BrN2.Li/c1-7-3-4-8(2)5(7)6;/h3-4H,1-2H3;/q-1;+1. The smallest absolute Gasteiger partial charge is 0.497 e. The molecule has 0 amide bonds. The summed E-state index contributed by atoms with van der Waals surface area (Å²) in [5, 5.41) is 1.08. The van der Waals surface area contributed by atoms with E-state index in [2.05, 4.69) is 15.9 Å². The summed E-state index contributed by atoms with van der Waals surface area (Å²) in [4.78, 5) is 4.00. The predicted molar refractivity (Wildman–Crippen MR) is 36.8 cm³/mol. The normalized spacial score (nSPS) is 18.6. The van der Waals surface area contributed by atoms with E-state index in [4.69, 9.17) is 0 Å². The molecule has 0 bridgehead atoms. The minimum atomic E-state index is 0. The SMILES string of the molecule is CN1C=CN(C)[C-]1Br.[Li+]. The molecule has 0 aromatic carbocycles. The number of hydrogen-bond acceptors (Lipinski definition) is 2. The average Bonchev–Trinajstić information content (AvgIpc) is 1.98. The van der Waals surface area contributed by atoms with Gasteiger partial charge < -0.3 is 9.80 Å². The van der Waals surface area contributed by atoms with Crippen molar-refractivity contribution < 1.29 is 18.9 Å². The Morgan fingerprint density at radius 3 is 1.67 bits per heavy atom. The Morgan fingerprint density at radius 1 is 1.22 bits per heavy atom. The van der Waals surface area contributed by atoms with Gasteiger partial charge in [-0.1, -0.05) is 5.08 Å². The van der Waals surface area contributed by atoms with Gasteiger partial charge in [-0.05, 0) is 26.5 Å². The molecule has 1 aliphatic heterocycles. The molecule has 4 heteroatoms. The third-order valence-electron chi connectivity index (χ3n) is 1.10. The molecule has 0 N–H and O–H groups in total. The summed E-state index contributed by atoms with van der Waals surface area (Å²) in [6, 6.07) is 0. The Morgan fingerprint density at radius 2 is 1.56 bits per heavy atom.